The lowest BCUT2D eigenvalue weighted by atomic mass is 10.2. The molecule has 3 aromatic heterocycles. The lowest BCUT2D eigenvalue weighted by Gasteiger charge is -2.04. The van der Waals surface area contributed by atoms with Crippen molar-refractivity contribution in [2.24, 2.45) is 0 Å². The second-order valence-corrected chi connectivity index (χ2v) is 3.98. The van der Waals surface area contributed by atoms with E-state index in [0.29, 0.717) is 23.1 Å². The molecule has 8 nitrogen and oxygen atoms in total. The first-order valence-electron chi connectivity index (χ1n) is 5.68. The maximum atomic E-state index is 10.9. The minimum absolute atomic E-state index is 0.0640. The van der Waals surface area contributed by atoms with Gasteiger partial charge in [-0.05, 0) is 12.1 Å². The number of pyridine rings is 1. The molecular weight excluding hydrogens is 262 g/mol. The van der Waals surface area contributed by atoms with Crippen LogP contribution in [0, 0.1) is 6.92 Å². The van der Waals surface area contributed by atoms with Crippen LogP contribution in [0.2, 0.25) is 0 Å². The molecule has 0 radical (unpaired) electrons. The van der Waals surface area contributed by atoms with Crippen molar-refractivity contribution in [1.82, 2.24) is 24.7 Å². The van der Waals surface area contributed by atoms with Gasteiger partial charge in [0.2, 0.25) is 11.7 Å². The van der Waals surface area contributed by atoms with Gasteiger partial charge in [-0.3, -0.25) is 4.57 Å². The minimum atomic E-state index is -1.10. The third-order valence-corrected chi connectivity index (χ3v) is 2.60. The van der Waals surface area contributed by atoms with E-state index in [9.17, 15) is 4.79 Å². The van der Waals surface area contributed by atoms with Crippen molar-refractivity contribution in [1.29, 1.82) is 0 Å². The lowest BCUT2D eigenvalue weighted by molar-refractivity contribution is 0.0691. The summed E-state index contributed by atoms with van der Waals surface area (Å²) < 4.78 is 6.45. The van der Waals surface area contributed by atoms with Crippen LogP contribution in [0.25, 0.3) is 17.2 Å². The number of rotatable bonds is 3. The molecule has 0 aliphatic heterocycles. The number of carboxylic acids is 1. The molecular formula is C12H9N5O3. The van der Waals surface area contributed by atoms with Crippen LogP contribution in [0.4, 0.5) is 0 Å². The number of hydrogen-bond donors (Lipinski definition) is 1. The third-order valence-electron chi connectivity index (χ3n) is 2.60. The van der Waals surface area contributed by atoms with E-state index in [0.717, 1.165) is 0 Å². The molecule has 3 heterocycles. The van der Waals surface area contributed by atoms with Gasteiger partial charge in [0.05, 0.1) is 5.56 Å². The number of hydrogen-bond acceptors (Lipinski definition) is 6. The standard InChI is InChI=1S/C12H9N5O3/c1-7-15-10(16-20-7)8-3-2-4-13-11(8)17-5-9(12(18)19)14-6-17/h2-6H,1H3,(H,18,19). The quantitative estimate of drug-likeness (QED) is 0.765. The van der Waals surface area contributed by atoms with Crippen LogP contribution < -0.4 is 0 Å². The van der Waals surface area contributed by atoms with Crippen molar-refractivity contribution in [2.45, 2.75) is 6.92 Å². The van der Waals surface area contributed by atoms with E-state index in [-0.39, 0.29) is 5.69 Å². The predicted molar refractivity (Wildman–Crippen MR) is 66.3 cm³/mol. The van der Waals surface area contributed by atoms with Gasteiger partial charge in [0, 0.05) is 19.3 Å². The Kier molecular flexibility index (Phi) is 2.75. The molecule has 0 atom stereocenters. The summed E-state index contributed by atoms with van der Waals surface area (Å²) in [6, 6.07) is 3.51. The van der Waals surface area contributed by atoms with Gasteiger partial charge in [-0.15, -0.1) is 0 Å². The van der Waals surface area contributed by atoms with Gasteiger partial charge in [-0.2, -0.15) is 4.98 Å². The second kappa shape index (κ2) is 4.57. The molecule has 0 aliphatic carbocycles. The Balaban J connectivity index is 2.11. The Morgan fingerprint density at radius 2 is 2.25 bits per heavy atom. The average molecular weight is 271 g/mol. The van der Waals surface area contributed by atoms with Crippen LogP contribution in [0.3, 0.4) is 0 Å². The molecule has 0 unspecified atom stereocenters. The lowest BCUT2D eigenvalue weighted by Crippen LogP contribution is -1.99. The van der Waals surface area contributed by atoms with Crippen LogP contribution in [0.15, 0.2) is 35.4 Å². The number of aryl methyl sites for hydroxylation is 1. The molecule has 0 spiro atoms. The first-order valence-corrected chi connectivity index (χ1v) is 5.68. The van der Waals surface area contributed by atoms with E-state index in [2.05, 4.69) is 20.1 Å². The monoisotopic (exact) mass is 271 g/mol. The van der Waals surface area contributed by atoms with Gasteiger partial charge >= 0.3 is 5.97 Å². The van der Waals surface area contributed by atoms with Gasteiger partial charge in [0.1, 0.15) is 12.1 Å². The summed E-state index contributed by atoms with van der Waals surface area (Å²) in [5.41, 5.74) is 0.560. The molecule has 8 heteroatoms. The highest BCUT2D eigenvalue weighted by molar-refractivity contribution is 5.85. The Morgan fingerprint density at radius 1 is 1.40 bits per heavy atom. The molecule has 1 N–H and O–H groups in total. The fourth-order valence-electron chi connectivity index (χ4n) is 1.73. The number of imidazole rings is 1. The third kappa shape index (κ3) is 2.03. The molecule has 0 amide bonds. The fraction of sp³-hybridized carbons (Fsp3) is 0.0833. The zero-order valence-electron chi connectivity index (χ0n) is 10.4. The van der Waals surface area contributed by atoms with E-state index in [1.54, 1.807) is 25.3 Å². The number of aromatic carboxylic acids is 1. The van der Waals surface area contributed by atoms with Crippen LogP contribution in [-0.4, -0.2) is 35.8 Å². The normalized spacial score (nSPS) is 10.7. The first kappa shape index (κ1) is 12.0. The first-order chi connectivity index (χ1) is 9.65. The summed E-state index contributed by atoms with van der Waals surface area (Å²) in [5.74, 6) is 0.202. The van der Waals surface area contributed by atoms with Crippen molar-refractivity contribution in [3.05, 3.63) is 42.4 Å². The van der Waals surface area contributed by atoms with Crippen LogP contribution >= 0.6 is 0 Å². The molecule has 0 saturated carbocycles. The Bertz CT molecular complexity index is 777. The fourth-order valence-corrected chi connectivity index (χ4v) is 1.73. The molecule has 0 saturated heterocycles. The predicted octanol–water partition coefficient (Wildman–Crippen LogP) is 1.32. The molecule has 3 rings (SSSR count). The maximum absolute atomic E-state index is 10.9. The molecule has 0 aliphatic rings. The van der Waals surface area contributed by atoms with E-state index >= 15 is 0 Å². The summed E-state index contributed by atoms with van der Waals surface area (Å²) in [6.45, 7) is 1.69. The Morgan fingerprint density at radius 3 is 2.90 bits per heavy atom. The smallest absolute Gasteiger partial charge is 0.356 e. The number of aromatic nitrogens is 5. The van der Waals surface area contributed by atoms with Crippen molar-refractivity contribution >= 4 is 5.97 Å². The van der Waals surface area contributed by atoms with Crippen molar-refractivity contribution in [3.8, 4) is 17.2 Å². The summed E-state index contributed by atoms with van der Waals surface area (Å²) >= 11 is 0. The molecule has 100 valence electrons. The highest BCUT2D eigenvalue weighted by Gasteiger charge is 2.15. The SMILES string of the molecule is Cc1nc(-c2cccnc2-n2cnc(C(=O)O)c2)no1. The summed E-state index contributed by atoms with van der Waals surface area (Å²) in [4.78, 5) is 23.0. The van der Waals surface area contributed by atoms with Crippen molar-refractivity contribution in [3.63, 3.8) is 0 Å². The van der Waals surface area contributed by atoms with Crippen molar-refractivity contribution in [2.75, 3.05) is 0 Å². The van der Waals surface area contributed by atoms with Gasteiger partial charge in [-0.25, -0.2) is 14.8 Å². The molecule has 0 fully saturated rings. The second-order valence-electron chi connectivity index (χ2n) is 3.98. The largest absolute Gasteiger partial charge is 0.476 e. The summed E-state index contributed by atoms with van der Waals surface area (Å²) in [5, 5.41) is 12.7. The van der Waals surface area contributed by atoms with Gasteiger partial charge in [-0.1, -0.05) is 5.16 Å². The average Bonchev–Trinajstić information content (AvgIpc) is 3.07. The van der Waals surface area contributed by atoms with E-state index in [4.69, 9.17) is 9.63 Å². The van der Waals surface area contributed by atoms with Gasteiger partial charge < -0.3 is 9.63 Å². The topological polar surface area (TPSA) is 107 Å². The van der Waals surface area contributed by atoms with E-state index in [1.165, 1.54) is 17.1 Å². The van der Waals surface area contributed by atoms with Crippen molar-refractivity contribution < 1.29 is 14.4 Å². The molecule has 0 aromatic carbocycles. The summed E-state index contributed by atoms with van der Waals surface area (Å²) in [7, 11) is 0. The van der Waals surface area contributed by atoms with Gasteiger partial charge in [0.15, 0.2) is 5.69 Å². The Hall–Kier alpha value is -3.03. The zero-order chi connectivity index (χ0) is 14.1. The van der Waals surface area contributed by atoms with Crippen LogP contribution in [-0.2, 0) is 0 Å². The van der Waals surface area contributed by atoms with Gasteiger partial charge in [0.25, 0.3) is 0 Å². The number of nitrogens with zero attached hydrogens (tertiary/aromatic N) is 5. The highest BCUT2D eigenvalue weighted by Crippen LogP contribution is 2.22. The molecule has 0 bridgehead atoms. The molecule has 3 aromatic rings. The highest BCUT2D eigenvalue weighted by atomic mass is 16.5. The molecule has 20 heavy (non-hydrogen) atoms. The van der Waals surface area contributed by atoms with Crippen LogP contribution in [0.5, 0.6) is 0 Å². The number of carboxylic acid groups (broad SMARTS) is 1. The Labute approximate surface area is 112 Å². The van der Waals surface area contributed by atoms with Crippen LogP contribution in [0.1, 0.15) is 16.4 Å². The minimum Gasteiger partial charge on any atom is -0.476 e. The number of carbonyl (C=O) groups is 1. The summed E-state index contributed by atoms with van der Waals surface area (Å²) in [6.07, 6.45) is 4.34. The van der Waals surface area contributed by atoms with E-state index < -0.39 is 5.97 Å². The van der Waals surface area contributed by atoms with E-state index in [1.807, 2.05) is 0 Å². The maximum Gasteiger partial charge on any atom is 0.356 e. The zero-order valence-corrected chi connectivity index (χ0v) is 10.4.